The van der Waals surface area contributed by atoms with E-state index in [4.69, 9.17) is 10.5 Å². The van der Waals surface area contributed by atoms with Crippen LogP contribution in [0.1, 0.15) is 20.8 Å². The predicted molar refractivity (Wildman–Crippen MR) is 56.3 cm³/mol. The summed E-state index contributed by atoms with van der Waals surface area (Å²) in [6.45, 7) is 5.25. The van der Waals surface area contributed by atoms with Crippen LogP contribution in [0.4, 0.5) is 4.79 Å². The van der Waals surface area contributed by atoms with E-state index in [0.717, 1.165) is 0 Å². The fourth-order valence-electron chi connectivity index (χ4n) is 0.856. The van der Waals surface area contributed by atoms with Crippen LogP contribution in [0.25, 0.3) is 0 Å². The second-order valence-electron chi connectivity index (χ2n) is 4.05. The second kappa shape index (κ2) is 5.55. The SMILES string of the molecule is CNC(=O)[C@@H](CN)NC(=O)OC(C)(C)C. The summed E-state index contributed by atoms with van der Waals surface area (Å²) in [5.74, 6) is -0.344. The van der Waals surface area contributed by atoms with Crippen LogP contribution in [0.15, 0.2) is 0 Å². The van der Waals surface area contributed by atoms with Crippen molar-refractivity contribution in [1.29, 1.82) is 0 Å². The first kappa shape index (κ1) is 13.7. The number of hydrogen-bond acceptors (Lipinski definition) is 4. The van der Waals surface area contributed by atoms with Gasteiger partial charge in [0.2, 0.25) is 5.91 Å². The zero-order valence-corrected chi connectivity index (χ0v) is 9.59. The number of alkyl carbamates (subject to hydrolysis) is 1. The third-order valence-corrected chi connectivity index (χ3v) is 1.49. The number of carbonyl (C=O) groups excluding carboxylic acids is 2. The van der Waals surface area contributed by atoms with Gasteiger partial charge in [-0.2, -0.15) is 0 Å². The molecule has 0 saturated carbocycles. The van der Waals surface area contributed by atoms with Gasteiger partial charge in [-0.25, -0.2) is 4.79 Å². The number of amides is 2. The summed E-state index contributed by atoms with van der Waals surface area (Å²) in [6.07, 6.45) is -0.651. The molecule has 0 heterocycles. The highest BCUT2D eigenvalue weighted by Crippen LogP contribution is 2.06. The molecule has 4 N–H and O–H groups in total. The lowest BCUT2D eigenvalue weighted by Crippen LogP contribution is -2.51. The van der Waals surface area contributed by atoms with Crippen LogP contribution in [0, 0.1) is 0 Å². The third-order valence-electron chi connectivity index (χ3n) is 1.49. The third kappa shape index (κ3) is 5.90. The van der Waals surface area contributed by atoms with Gasteiger partial charge >= 0.3 is 6.09 Å². The Hall–Kier alpha value is -1.30. The number of carbonyl (C=O) groups is 2. The molecular formula is C9H19N3O3. The van der Waals surface area contributed by atoms with E-state index in [0.29, 0.717) is 0 Å². The number of rotatable bonds is 3. The van der Waals surface area contributed by atoms with Gasteiger partial charge in [0.15, 0.2) is 0 Å². The van der Waals surface area contributed by atoms with Crippen LogP contribution in [0.3, 0.4) is 0 Å². The van der Waals surface area contributed by atoms with Gasteiger partial charge in [-0.05, 0) is 20.8 Å². The fourth-order valence-corrected chi connectivity index (χ4v) is 0.856. The van der Waals surface area contributed by atoms with E-state index in [1.807, 2.05) is 0 Å². The summed E-state index contributed by atoms with van der Waals surface area (Å²) in [5, 5.41) is 4.77. The maximum atomic E-state index is 11.3. The van der Waals surface area contributed by atoms with Crippen molar-refractivity contribution in [3.63, 3.8) is 0 Å². The van der Waals surface area contributed by atoms with Gasteiger partial charge in [0, 0.05) is 13.6 Å². The molecule has 0 aromatic carbocycles. The quantitative estimate of drug-likeness (QED) is 0.598. The van der Waals surface area contributed by atoms with E-state index in [2.05, 4.69) is 10.6 Å². The highest BCUT2D eigenvalue weighted by molar-refractivity contribution is 5.85. The molecule has 6 nitrogen and oxygen atoms in total. The van der Waals surface area contributed by atoms with E-state index < -0.39 is 17.7 Å². The second-order valence-corrected chi connectivity index (χ2v) is 4.05. The first-order chi connectivity index (χ1) is 6.80. The summed E-state index contributed by atoms with van der Waals surface area (Å²) >= 11 is 0. The molecule has 0 saturated heterocycles. The van der Waals surface area contributed by atoms with E-state index in [1.165, 1.54) is 7.05 Å². The molecule has 0 aliphatic carbocycles. The van der Waals surface area contributed by atoms with Crippen LogP contribution in [0.5, 0.6) is 0 Å². The lowest BCUT2D eigenvalue weighted by molar-refractivity contribution is -0.122. The normalized spacial score (nSPS) is 12.9. The Bertz CT molecular complexity index is 235. The first-order valence-corrected chi connectivity index (χ1v) is 4.71. The summed E-state index contributed by atoms with van der Waals surface area (Å²) in [5.41, 5.74) is 4.74. The molecule has 0 spiro atoms. The van der Waals surface area contributed by atoms with Crippen LogP contribution >= 0.6 is 0 Å². The predicted octanol–water partition coefficient (Wildman–Crippen LogP) is -0.416. The van der Waals surface area contributed by atoms with Gasteiger partial charge in [0.05, 0.1) is 0 Å². The standard InChI is InChI=1S/C9H19N3O3/c1-9(2,3)15-8(14)12-6(5-10)7(13)11-4/h6H,5,10H2,1-4H3,(H,11,13)(H,12,14)/t6-/m1/s1. The molecular weight excluding hydrogens is 198 g/mol. The van der Waals surface area contributed by atoms with Gasteiger partial charge in [-0.1, -0.05) is 0 Å². The number of nitrogens with two attached hydrogens (primary N) is 1. The Balaban J connectivity index is 4.20. The van der Waals surface area contributed by atoms with Crippen LogP contribution < -0.4 is 16.4 Å². The molecule has 6 heteroatoms. The lowest BCUT2D eigenvalue weighted by atomic mass is 10.2. The zero-order chi connectivity index (χ0) is 12.1. The van der Waals surface area contributed by atoms with Crippen LogP contribution in [-0.4, -0.2) is 37.2 Å². The van der Waals surface area contributed by atoms with E-state index in [1.54, 1.807) is 20.8 Å². The Morgan fingerprint density at radius 1 is 1.40 bits per heavy atom. The van der Waals surface area contributed by atoms with Crippen molar-refractivity contribution in [2.24, 2.45) is 5.73 Å². The number of likely N-dealkylation sites (N-methyl/N-ethyl adjacent to an activating group) is 1. The smallest absolute Gasteiger partial charge is 0.408 e. The monoisotopic (exact) mass is 217 g/mol. The van der Waals surface area contributed by atoms with E-state index in [9.17, 15) is 9.59 Å². The van der Waals surface area contributed by atoms with Gasteiger partial charge < -0.3 is 21.1 Å². The van der Waals surface area contributed by atoms with Gasteiger partial charge in [0.25, 0.3) is 0 Å². The topological polar surface area (TPSA) is 93.5 Å². The summed E-state index contributed by atoms with van der Waals surface area (Å²) < 4.78 is 4.98. The Labute approximate surface area is 89.5 Å². The minimum atomic E-state index is -0.759. The average Bonchev–Trinajstić information content (AvgIpc) is 2.10. The number of hydrogen-bond donors (Lipinski definition) is 3. The molecule has 0 bridgehead atoms. The molecule has 0 radical (unpaired) electrons. The minimum Gasteiger partial charge on any atom is -0.444 e. The average molecular weight is 217 g/mol. The maximum absolute atomic E-state index is 11.3. The van der Waals surface area contributed by atoms with Gasteiger partial charge in [-0.3, -0.25) is 4.79 Å². The molecule has 15 heavy (non-hydrogen) atoms. The van der Waals surface area contributed by atoms with Crippen LogP contribution in [-0.2, 0) is 9.53 Å². The molecule has 0 aliphatic rings. The van der Waals surface area contributed by atoms with Crippen molar-refractivity contribution in [3.05, 3.63) is 0 Å². The highest BCUT2D eigenvalue weighted by Gasteiger charge is 2.22. The van der Waals surface area contributed by atoms with Gasteiger partial charge in [-0.15, -0.1) is 0 Å². The van der Waals surface area contributed by atoms with Crippen molar-refractivity contribution in [1.82, 2.24) is 10.6 Å². The van der Waals surface area contributed by atoms with Crippen molar-refractivity contribution < 1.29 is 14.3 Å². The highest BCUT2D eigenvalue weighted by atomic mass is 16.6. The van der Waals surface area contributed by atoms with E-state index in [-0.39, 0.29) is 12.5 Å². The molecule has 0 aromatic heterocycles. The maximum Gasteiger partial charge on any atom is 0.408 e. The summed E-state index contributed by atoms with van der Waals surface area (Å²) in [4.78, 5) is 22.5. The van der Waals surface area contributed by atoms with Crippen molar-refractivity contribution in [2.45, 2.75) is 32.4 Å². The minimum absolute atomic E-state index is 0.0267. The molecule has 2 amide bonds. The number of ether oxygens (including phenoxy) is 1. The molecule has 0 rings (SSSR count). The lowest BCUT2D eigenvalue weighted by Gasteiger charge is -2.22. The molecule has 88 valence electrons. The van der Waals surface area contributed by atoms with Crippen molar-refractivity contribution in [2.75, 3.05) is 13.6 Å². The van der Waals surface area contributed by atoms with E-state index >= 15 is 0 Å². The van der Waals surface area contributed by atoms with Gasteiger partial charge in [0.1, 0.15) is 11.6 Å². The fraction of sp³-hybridized carbons (Fsp3) is 0.778. The molecule has 0 fully saturated rings. The number of nitrogens with one attached hydrogen (secondary N) is 2. The first-order valence-electron chi connectivity index (χ1n) is 4.71. The zero-order valence-electron chi connectivity index (χ0n) is 9.59. The summed E-state index contributed by atoms with van der Waals surface area (Å²) in [6, 6.07) is -0.759. The van der Waals surface area contributed by atoms with Crippen LogP contribution in [0.2, 0.25) is 0 Å². The Morgan fingerprint density at radius 2 is 1.93 bits per heavy atom. The molecule has 0 aliphatic heterocycles. The Morgan fingerprint density at radius 3 is 2.27 bits per heavy atom. The molecule has 0 aromatic rings. The Kier molecular flexibility index (Phi) is 5.07. The van der Waals surface area contributed by atoms with Crippen molar-refractivity contribution >= 4 is 12.0 Å². The molecule has 1 atom stereocenters. The largest absolute Gasteiger partial charge is 0.444 e. The van der Waals surface area contributed by atoms with Crippen molar-refractivity contribution in [3.8, 4) is 0 Å². The summed E-state index contributed by atoms with van der Waals surface area (Å²) in [7, 11) is 1.47. The molecule has 0 unspecified atom stereocenters.